The number of halogens is 2. The van der Waals surface area contributed by atoms with E-state index in [0.29, 0.717) is 0 Å². The van der Waals surface area contributed by atoms with Crippen LogP contribution in [0.25, 0.3) is 11.4 Å². The predicted octanol–water partition coefficient (Wildman–Crippen LogP) is 2.70. The number of nitrogens with zero attached hydrogens (tertiary/aromatic N) is 2. The van der Waals surface area contributed by atoms with Gasteiger partial charge in [-0.05, 0) is 19.1 Å². The van der Waals surface area contributed by atoms with Crippen LogP contribution < -0.4 is 5.73 Å². The van der Waals surface area contributed by atoms with Gasteiger partial charge in [-0.25, -0.2) is 19.2 Å². The number of rotatable bonds is 3. The van der Waals surface area contributed by atoms with Gasteiger partial charge in [0, 0.05) is 6.20 Å². The Kier molecular flexibility index (Phi) is 4.14. The van der Waals surface area contributed by atoms with E-state index in [0.717, 1.165) is 0 Å². The van der Waals surface area contributed by atoms with Crippen LogP contribution in [0.15, 0.2) is 24.4 Å². The third kappa shape index (κ3) is 2.70. The second kappa shape index (κ2) is 5.83. The first-order valence-corrected chi connectivity index (χ1v) is 6.16. The first-order chi connectivity index (χ1) is 9.54. The summed E-state index contributed by atoms with van der Waals surface area (Å²) in [5.74, 6) is -1.27. The topological polar surface area (TPSA) is 78.1 Å². The highest BCUT2D eigenvalue weighted by Gasteiger charge is 2.17. The quantitative estimate of drug-likeness (QED) is 0.881. The van der Waals surface area contributed by atoms with E-state index in [1.54, 1.807) is 6.92 Å². The van der Waals surface area contributed by atoms with Gasteiger partial charge in [0.15, 0.2) is 5.82 Å². The van der Waals surface area contributed by atoms with E-state index in [1.807, 2.05) is 0 Å². The van der Waals surface area contributed by atoms with Crippen molar-refractivity contribution in [2.24, 2.45) is 0 Å². The molecule has 2 N–H and O–H groups in total. The van der Waals surface area contributed by atoms with Crippen LogP contribution in [0, 0.1) is 5.82 Å². The summed E-state index contributed by atoms with van der Waals surface area (Å²) in [5, 5.41) is 0.160. The van der Waals surface area contributed by atoms with Crippen LogP contribution in [-0.4, -0.2) is 22.5 Å². The molecule has 0 amide bonds. The number of nitrogens with two attached hydrogens (primary N) is 1. The number of carbonyl (C=O) groups excluding carboxylic acids is 1. The largest absolute Gasteiger partial charge is 0.462 e. The van der Waals surface area contributed by atoms with Gasteiger partial charge in [0.05, 0.1) is 17.2 Å². The summed E-state index contributed by atoms with van der Waals surface area (Å²) in [6.07, 6.45) is 1.19. The Labute approximate surface area is 119 Å². The van der Waals surface area contributed by atoms with Gasteiger partial charge >= 0.3 is 5.97 Å². The number of aromatic nitrogens is 2. The SMILES string of the molecule is CCOC(=O)c1cnc(-c2c(F)cccc2Cl)nc1N. The predicted molar refractivity (Wildman–Crippen MR) is 72.8 cm³/mol. The molecule has 0 aliphatic rings. The van der Waals surface area contributed by atoms with E-state index in [2.05, 4.69) is 9.97 Å². The lowest BCUT2D eigenvalue weighted by atomic mass is 10.2. The standard InChI is InChI=1S/C13H11ClFN3O2/c1-2-20-13(19)7-6-17-12(18-11(7)16)10-8(14)4-3-5-9(10)15/h3-6H,2H2,1H3,(H2,16,17,18). The fraction of sp³-hybridized carbons (Fsp3) is 0.154. The van der Waals surface area contributed by atoms with Crippen LogP contribution in [-0.2, 0) is 4.74 Å². The third-order valence-electron chi connectivity index (χ3n) is 2.50. The summed E-state index contributed by atoms with van der Waals surface area (Å²) in [5.41, 5.74) is 5.74. The van der Waals surface area contributed by atoms with E-state index < -0.39 is 11.8 Å². The van der Waals surface area contributed by atoms with Crippen molar-refractivity contribution in [1.82, 2.24) is 9.97 Å². The molecule has 0 aliphatic heterocycles. The van der Waals surface area contributed by atoms with E-state index in [1.165, 1.54) is 24.4 Å². The number of ether oxygens (including phenoxy) is 1. The molecule has 104 valence electrons. The van der Waals surface area contributed by atoms with Crippen molar-refractivity contribution < 1.29 is 13.9 Å². The fourth-order valence-electron chi connectivity index (χ4n) is 1.59. The van der Waals surface area contributed by atoms with Crippen LogP contribution >= 0.6 is 11.6 Å². The minimum absolute atomic E-state index is 0.0126. The molecule has 0 saturated heterocycles. The molecular formula is C13H11ClFN3O2. The first-order valence-electron chi connectivity index (χ1n) is 5.78. The van der Waals surface area contributed by atoms with Crippen molar-refractivity contribution in [3.05, 3.63) is 40.8 Å². The lowest BCUT2D eigenvalue weighted by molar-refractivity contribution is 0.0527. The Balaban J connectivity index is 2.46. The Bertz CT molecular complexity index is 644. The maximum Gasteiger partial charge on any atom is 0.343 e. The smallest absolute Gasteiger partial charge is 0.343 e. The van der Waals surface area contributed by atoms with E-state index >= 15 is 0 Å². The van der Waals surface area contributed by atoms with E-state index in [4.69, 9.17) is 22.1 Å². The molecule has 0 spiro atoms. The lowest BCUT2D eigenvalue weighted by Gasteiger charge is -2.08. The molecule has 5 nitrogen and oxygen atoms in total. The highest BCUT2D eigenvalue weighted by molar-refractivity contribution is 6.33. The normalized spacial score (nSPS) is 10.3. The minimum atomic E-state index is -0.629. The van der Waals surface area contributed by atoms with Crippen molar-refractivity contribution in [3.63, 3.8) is 0 Å². The minimum Gasteiger partial charge on any atom is -0.462 e. The summed E-state index contributed by atoms with van der Waals surface area (Å²) in [7, 11) is 0. The summed E-state index contributed by atoms with van der Waals surface area (Å²) in [4.78, 5) is 19.4. The Morgan fingerprint density at radius 3 is 2.85 bits per heavy atom. The number of esters is 1. The van der Waals surface area contributed by atoms with Gasteiger partial charge in [0.1, 0.15) is 17.2 Å². The Hall–Kier alpha value is -2.21. The average Bonchev–Trinajstić information content (AvgIpc) is 2.38. The average molecular weight is 296 g/mol. The number of benzene rings is 1. The molecule has 1 aromatic carbocycles. The zero-order chi connectivity index (χ0) is 14.7. The maximum absolute atomic E-state index is 13.8. The van der Waals surface area contributed by atoms with Gasteiger partial charge in [0.25, 0.3) is 0 Å². The summed E-state index contributed by atoms with van der Waals surface area (Å²) < 4.78 is 18.6. The monoisotopic (exact) mass is 295 g/mol. The van der Waals surface area contributed by atoms with Gasteiger partial charge in [0.2, 0.25) is 0 Å². The molecule has 1 heterocycles. The van der Waals surface area contributed by atoms with Gasteiger partial charge in [-0.2, -0.15) is 0 Å². The molecule has 7 heteroatoms. The van der Waals surface area contributed by atoms with E-state index in [-0.39, 0.29) is 34.4 Å². The summed E-state index contributed by atoms with van der Waals surface area (Å²) in [6.45, 7) is 1.88. The molecule has 2 rings (SSSR count). The van der Waals surface area contributed by atoms with Gasteiger partial charge in [-0.3, -0.25) is 0 Å². The zero-order valence-electron chi connectivity index (χ0n) is 10.6. The lowest BCUT2D eigenvalue weighted by Crippen LogP contribution is -2.11. The van der Waals surface area contributed by atoms with E-state index in [9.17, 15) is 9.18 Å². The molecule has 2 aromatic rings. The van der Waals surface area contributed by atoms with Gasteiger partial charge in [-0.15, -0.1) is 0 Å². The molecule has 0 atom stereocenters. The number of hydrogen-bond donors (Lipinski definition) is 1. The molecule has 0 aliphatic carbocycles. The molecule has 0 saturated carbocycles. The summed E-state index contributed by atoms with van der Waals surface area (Å²) in [6, 6.07) is 4.22. The Morgan fingerprint density at radius 2 is 2.25 bits per heavy atom. The second-order valence-electron chi connectivity index (χ2n) is 3.81. The molecule has 1 aromatic heterocycles. The molecule has 0 fully saturated rings. The van der Waals surface area contributed by atoms with Crippen molar-refractivity contribution in [2.75, 3.05) is 12.3 Å². The molecule has 0 bridgehead atoms. The molecule has 0 radical (unpaired) electrons. The number of nitrogen functional groups attached to an aromatic ring is 1. The zero-order valence-corrected chi connectivity index (χ0v) is 11.3. The highest BCUT2D eigenvalue weighted by atomic mass is 35.5. The highest BCUT2D eigenvalue weighted by Crippen LogP contribution is 2.28. The molecule has 0 unspecified atom stereocenters. The van der Waals surface area contributed by atoms with Crippen LogP contribution in [0.3, 0.4) is 0 Å². The van der Waals surface area contributed by atoms with Crippen LogP contribution in [0.4, 0.5) is 10.2 Å². The summed E-state index contributed by atoms with van der Waals surface area (Å²) >= 11 is 5.92. The van der Waals surface area contributed by atoms with Crippen molar-refractivity contribution in [2.45, 2.75) is 6.92 Å². The first kappa shape index (κ1) is 14.2. The maximum atomic E-state index is 13.8. The second-order valence-corrected chi connectivity index (χ2v) is 4.22. The molecular weight excluding hydrogens is 285 g/mol. The number of carbonyl (C=O) groups is 1. The van der Waals surface area contributed by atoms with Crippen molar-refractivity contribution >= 4 is 23.4 Å². The molecule has 20 heavy (non-hydrogen) atoms. The van der Waals surface area contributed by atoms with Crippen LogP contribution in [0.5, 0.6) is 0 Å². The van der Waals surface area contributed by atoms with Crippen molar-refractivity contribution in [3.8, 4) is 11.4 Å². The van der Waals surface area contributed by atoms with Gasteiger partial charge in [-0.1, -0.05) is 17.7 Å². The number of hydrogen-bond acceptors (Lipinski definition) is 5. The van der Waals surface area contributed by atoms with Crippen molar-refractivity contribution in [1.29, 1.82) is 0 Å². The van der Waals surface area contributed by atoms with Gasteiger partial charge < -0.3 is 10.5 Å². The van der Waals surface area contributed by atoms with Crippen LogP contribution in [0.1, 0.15) is 17.3 Å². The Morgan fingerprint density at radius 1 is 1.50 bits per heavy atom. The fourth-order valence-corrected chi connectivity index (χ4v) is 1.84. The third-order valence-corrected chi connectivity index (χ3v) is 2.81. The van der Waals surface area contributed by atoms with Crippen LogP contribution in [0.2, 0.25) is 5.02 Å². The number of anilines is 1.